The summed E-state index contributed by atoms with van der Waals surface area (Å²) in [6.07, 6.45) is 3.67. The smallest absolute Gasteiger partial charge is 0.236 e. The molecule has 0 saturated heterocycles. The number of hydrogen-bond acceptors (Lipinski definition) is 4. The first-order valence-corrected chi connectivity index (χ1v) is 9.09. The molecule has 25 heavy (non-hydrogen) atoms. The zero-order valence-corrected chi connectivity index (χ0v) is 14.1. The molecule has 2 aromatic carbocycles. The largest absolute Gasteiger partial charge is 0.588 e. The number of nitrogens with zero attached hydrogens (tertiary/aromatic N) is 4. The topological polar surface area (TPSA) is 57.0 Å². The van der Waals surface area contributed by atoms with Crippen LogP contribution in [0.3, 0.4) is 0 Å². The van der Waals surface area contributed by atoms with E-state index in [0.29, 0.717) is 18.3 Å². The van der Waals surface area contributed by atoms with Crippen molar-refractivity contribution in [3.63, 3.8) is 0 Å². The molecule has 0 fully saturated rings. The summed E-state index contributed by atoms with van der Waals surface area (Å²) in [5.74, 6) is 1.24. The predicted octanol–water partition coefficient (Wildman–Crippen LogP) is 3.46. The van der Waals surface area contributed by atoms with Gasteiger partial charge in [0.15, 0.2) is 10.7 Å². The molecule has 0 bridgehead atoms. The van der Waals surface area contributed by atoms with Crippen LogP contribution in [0, 0.1) is 0 Å². The predicted molar refractivity (Wildman–Crippen MR) is 97.9 cm³/mol. The van der Waals surface area contributed by atoms with Crippen LogP contribution in [0.15, 0.2) is 78.0 Å². The summed E-state index contributed by atoms with van der Waals surface area (Å²) in [5.41, 5.74) is 2.12. The van der Waals surface area contributed by atoms with Crippen LogP contribution in [0.4, 0.5) is 5.82 Å². The van der Waals surface area contributed by atoms with Crippen LogP contribution in [0.5, 0.6) is 0 Å². The van der Waals surface area contributed by atoms with E-state index in [1.807, 2.05) is 63.6 Å². The molecule has 5 rings (SSSR count). The molecule has 0 spiro atoms. The summed E-state index contributed by atoms with van der Waals surface area (Å²) in [6.45, 7) is 0.589. The Morgan fingerprint density at radius 2 is 1.80 bits per heavy atom. The maximum atomic E-state index is 12.8. The standard InChI is InChI=1S/C19H14N4OS/c24-25-17-8-4-2-6-15(17)13-23(25)18-9-11-20-19(21-18)22-12-10-14-5-1-3-7-16(14)22/h1-12H,13H2. The van der Waals surface area contributed by atoms with Gasteiger partial charge in [0.2, 0.25) is 5.95 Å². The quantitative estimate of drug-likeness (QED) is 0.522. The lowest BCUT2D eigenvalue weighted by atomic mass is 10.2. The van der Waals surface area contributed by atoms with Gasteiger partial charge in [-0.05, 0) is 18.2 Å². The summed E-state index contributed by atoms with van der Waals surface area (Å²) in [7, 11) is 0. The second-order valence-electron chi connectivity index (χ2n) is 5.85. The summed E-state index contributed by atoms with van der Waals surface area (Å²) in [5, 5.41) is 1.13. The first-order valence-electron chi connectivity index (χ1n) is 7.98. The van der Waals surface area contributed by atoms with Gasteiger partial charge in [0.1, 0.15) is 11.4 Å². The van der Waals surface area contributed by atoms with Crippen molar-refractivity contribution in [3.05, 3.63) is 78.6 Å². The van der Waals surface area contributed by atoms with E-state index in [-0.39, 0.29) is 0 Å². The Hall–Kier alpha value is -2.83. The van der Waals surface area contributed by atoms with E-state index in [2.05, 4.69) is 16.0 Å². The third-order valence-electron chi connectivity index (χ3n) is 4.37. The van der Waals surface area contributed by atoms with Gasteiger partial charge in [-0.15, -0.1) is 0 Å². The van der Waals surface area contributed by atoms with Gasteiger partial charge in [0.05, 0.1) is 12.1 Å². The molecular weight excluding hydrogens is 332 g/mol. The van der Waals surface area contributed by atoms with Crippen molar-refractivity contribution in [2.45, 2.75) is 11.4 Å². The Morgan fingerprint density at radius 3 is 2.72 bits per heavy atom. The molecule has 0 aliphatic carbocycles. The number of aromatic nitrogens is 3. The van der Waals surface area contributed by atoms with Gasteiger partial charge in [-0.2, -0.15) is 9.29 Å². The van der Waals surface area contributed by atoms with Crippen molar-refractivity contribution in [2.75, 3.05) is 4.31 Å². The molecule has 6 heteroatoms. The number of benzene rings is 2. The molecule has 1 aliphatic heterocycles. The highest BCUT2D eigenvalue weighted by atomic mass is 32.2. The van der Waals surface area contributed by atoms with Gasteiger partial charge in [0, 0.05) is 29.4 Å². The zero-order valence-electron chi connectivity index (χ0n) is 13.2. The lowest BCUT2D eigenvalue weighted by Gasteiger charge is -2.17. The maximum Gasteiger partial charge on any atom is 0.236 e. The highest BCUT2D eigenvalue weighted by Crippen LogP contribution is 2.33. The van der Waals surface area contributed by atoms with E-state index in [1.54, 1.807) is 12.3 Å². The lowest BCUT2D eigenvalue weighted by Crippen LogP contribution is -2.25. The van der Waals surface area contributed by atoms with Crippen LogP contribution in [0.2, 0.25) is 0 Å². The van der Waals surface area contributed by atoms with Gasteiger partial charge in [-0.1, -0.05) is 36.4 Å². The van der Waals surface area contributed by atoms with E-state index in [9.17, 15) is 4.55 Å². The summed E-state index contributed by atoms with van der Waals surface area (Å²) in [4.78, 5) is 9.92. The van der Waals surface area contributed by atoms with Gasteiger partial charge >= 0.3 is 0 Å². The summed E-state index contributed by atoms with van der Waals surface area (Å²) < 4.78 is 16.5. The van der Waals surface area contributed by atoms with Gasteiger partial charge in [-0.25, -0.2) is 4.98 Å². The number of anilines is 1. The minimum absolute atomic E-state index is 0.576. The van der Waals surface area contributed by atoms with E-state index < -0.39 is 11.4 Å². The van der Waals surface area contributed by atoms with Crippen LogP contribution in [-0.4, -0.2) is 19.1 Å². The molecule has 1 atom stereocenters. The first kappa shape index (κ1) is 14.5. The van der Waals surface area contributed by atoms with Gasteiger partial charge in [0.25, 0.3) is 0 Å². The fraction of sp³-hybridized carbons (Fsp3) is 0.0526. The minimum Gasteiger partial charge on any atom is -0.588 e. The van der Waals surface area contributed by atoms with Gasteiger partial charge in [-0.3, -0.25) is 4.57 Å². The molecule has 4 aromatic rings. The highest BCUT2D eigenvalue weighted by Gasteiger charge is 2.35. The normalized spacial score (nSPS) is 16.4. The molecule has 0 radical (unpaired) electrons. The van der Waals surface area contributed by atoms with E-state index in [0.717, 1.165) is 21.4 Å². The van der Waals surface area contributed by atoms with Crippen molar-refractivity contribution in [1.29, 1.82) is 0 Å². The zero-order chi connectivity index (χ0) is 16.8. The SMILES string of the molecule is [O-][S+]1c2ccccc2CN1c1ccnc(-n2ccc3ccccc32)n1. The molecule has 122 valence electrons. The van der Waals surface area contributed by atoms with Crippen LogP contribution in [0.1, 0.15) is 5.56 Å². The third kappa shape index (κ3) is 2.30. The molecule has 5 nitrogen and oxygen atoms in total. The fourth-order valence-electron chi connectivity index (χ4n) is 3.15. The fourth-order valence-corrected chi connectivity index (χ4v) is 4.47. The maximum absolute atomic E-state index is 12.8. The monoisotopic (exact) mass is 346 g/mol. The van der Waals surface area contributed by atoms with Crippen LogP contribution < -0.4 is 4.31 Å². The Balaban J connectivity index is 1.56. The van der Waals surface area contributed by atoms with Crippen LogP contribution >= 0.6 is 0 Å². The number of rotatable bonds is 2. The minimum atomic E-state index is -1.23. The Morgan fingerprint density at radius 1 is 0.960 bits per heavy atom. The molecule has 0 saturated carbocycles. The average Bonchev–Trinajstić information content (AvgIpc) is 3.24. The summed E-state index contributed by atoms with van der Waals surface area (Å²) >= 11 is -1.23. The highest BCUT2D eigenvalue weighted by molar-refractivity contribution is 7.93. The van der Waals surface area contributed by atoms with E-state index in [4.69, 9.17) is 0 Å². The van der Waals surface area contributed by atoms with Crippen molar-refractivity contribution in [2.24, 2.45) is 0 Å². The number of para-hydroxylation sites is 1. The van der Waals surface area contributed by atoms with Gasteiger partial charge < -0.3 is 4.55 Å². The molecular formula is C19H14N4OS. The molecule has 0 amide bonds. The first-order chi connectivity index (χ1) is 12.3. The van der Waals surface area contributed by atoms with Crippen molar-refractivity contribution < 1.29 is 4.55 Å². The van der Waals surface area contributed by atoms with Crippen molar-refractivity contribution in [3.8, 4) is 5.95 Å². The number of hydrogen-bond donors (Lipinski definition) is 0. The third-order valence-corrected chi connectivity index (χ3v) is 5.86. The lowest BCUT2D eigenvalue weighted by molar-refractivity contribution is 0.595. The van der Waals surface area contributed by atoms with Crippen molar-refractivity contribution >= 4 is 28.1 Å². The molecule has 1 unspecified atom stereocenters. The second kappa shape index (κ2) is 5.61. The van der Waals surface area contributed by atoms with Crippen LogP contribution in [-0.2, 0) is 17.9 Å². The second-order valence-corrected chi connectivity index (χ2v) is 7.23. The van der Waals surface area contributed by atoms with E-state index in [1.165, 1.54) is 0 Å². The van der Waals surface area contributed by atoms with Crippen molar-refractivity contribution in [1.82, 2.24) is 14.5 Å². The molecule has 0 N–H and O–H groups in total. The molecule has 1 aliphatic rings. The van der Waals surface area contributed by atoms with E-state index >= 15 is 0 Å². The Labute approximate surface area is 147 Å². The summed E-state index contributed by atoms with van der Waals surface area (Å²) in [6, 6.07) is 19.7. The molecule has 2 aromatic heterocycles. The Kier molecular flexibility index (Phi) is 3.26. The average molecular weight is 346 g/mol. The molecule has 3 heterocycles. The van der Waals surface area contributed by atoms with Crippen LogP contribution in [0.25, 0.3) is 16.9 Å². The number of fused-ring (bicyclic) bond motifs is 2. The Bertz CT molecular complexity index is 1080.